The van der Waals surface area contributed by atoms with E-state index in [0.29, 0.717) is 18.8 Å². The van der Waals surface area contributed by atoms with Gasteiger partial charge in [-0.3, -0.25) is 9.52 Å². The normalized spacial score (nSPS) is 15.6. The van der Waals surface area contributed by atoms with Crippen LogP contribution < -0.4 is 10.0 Å². The van der Waals surface area contributed by atoms with Gasteiger partial charge in [0.05, 0.1) is 15.5 Å². The third kappa shape index (κ3) is 5.44. The van der Waals surface area contributed by atoms with Crippen LogP contribution in [0.3, 0.4) is 0 Å². The van der Waals surface area contributed by atoms with Gasteiger partial charge in [-0.25, -0.2) is 16.8 Å². The highest BCUT2D eigenvalue weighted by molar-refractivity contribution is 7.92. The fourth-order valence-electron chi connectivity index (χ4n) is 3.06. The van der Waals surface area contributed by atoms with E-state index in [0.717, 1.165) is 12.8 Å². The van der Waals surface area contributed by atoms with E-state index >= 15 is 0 Å². The predicted octanol–water partition coefficient (Wildman–Crippen LogP) is 3.26. The average Bonchev–Trinajstić information content (AvgIpc) is 3.23. The Morgan fingerprint density at radius 1 is 0.871 bits per heavy atom. The van der Waals surface area contributed by atoms with Crippen molar-refractivity contribution < 1.29 is 21.6 Å². The molecule has 31 heavy (non-hydrogen) atoms. The zero-order chi connectivity index (χ0) is 22.9. The molecule has 0 saturated carbocycles. The maximum atomic E-state index is 12.8. The summed E-state index contributed by atoms with van der Waals surface area (Å²) in [6, 6.07) is 11.5. The van der Waals surface area contributed by atoms with E-state index in [1.165, 1.54) is 34.6 Å². The maximum Gasteiger partial charge on any atom is 0.261 e. The minimum Gasteiger partial charge on any atom is -0.326 e. The second-order valence-corrected chi connectivity index (χ2v) is 12.1. The van der Waals surface area contributed by atoms with Crippen LogP contribution in [0.25, 0.3) is 0 Å². The van der Waals surface area contributed by atoms with Crippen molar-refractivity contribution in [1.82, 2.24) is 4.31 Å². The number of nitrogens with zero attached hydrogens (tertiary/aromatic N) is 1. The van der Waals surface area contributed by atoms with Crippen LogP contribution in [0.1, 0.15) is 33.6 Å². The summed E-state index contributed by atoms with van der Waals surface area (Å²) in [5.41, 5.74) is 0.153. The summed E-state index contributed by atoms with van der Waals surface area (Å²) in [6.45, 7) is 6.30. The molecule has 0 aliphatic carbocycles. The highest BCUT2D eigenvalue weighted by Crippen LogP contribution is 2.25. The van der Waals surface area contributed by atoms with Crippen molar-refractivity contribution in [2.45, 2.75) is 43.4 Å². The highest BCUT2D eigenvalue weighted by Gasteiger charge is 2.27. The molecule has 0 radical (unpaired) electrons. The number of hydrogen-bond acceptors (Lipinski definition) is 5. The topological polar surface area (TPSA) is 113 Å². The lowest BCUT2D eigenvalue weighted by molar-refractivity contribution is -0.123. The predicted molar refractivity (Wildman–Crippen MR) is 120 cm³/mol. The van der Waals surface area contributed by atoms with Gasteiger partial charge in [-0.1, -0.05) is 26.8 Å². The summed E-state index contributed by atoms with van der Waals surface area (Å²) in [4.78, 5) is 12.2. The van der Waals surface area contributed by atoms with E-state index < -0.39 is 25.5 Å². The molecule has 168 valence electrons. The first-order valence-corrected chi connectivity index (χ1v) is 12.9. The van der Waals surface area contributed by atoms with E-state index in [-0.39, 0.29) is 21.4 Å². The number of carbonyl (C=O) groups excluding carboxylic acids is 1. The summed E-state index contributed by atoms with van der Waals surface area (Å²) in [7, 11) is -7.55. The van der Waals surface area contributed by atoms with Crippen LogP contribution in [-0.2, 0) is 24.8 Å². The Labute approximate surface area is 183 Å². The first-order chi connectivity index (χ1) is 14.4. The highest BCUT2D eigenvalue weighted by atomic mass is 32.2. The number of hydrogen-bond donors (Lipinski definition) is 2. The second-order valence-electron chi connectivity index (χ2n) is 8.47. The van der Waals surface area contributed by atoms with Gasteiger partial charge < -0.3 is 5.32 Å². The van der Waals surface area contributed by atoms with E-state index in [9.17, 15) is 21.6 Å². The molecule has 3 rings (SSSR count). The molecule has 0 aromatic heterocycles. The molecule has 0 unspecified atom stereocenters. The molecule has 2 aromatic rings. The van der Waals surface area contributed by atoms with Crippen molar-refractivity contribution in [3.8, 4) is 0 Å². The van der Waals surface area contributed by atoms with Gasteiger partial charge in [0.25, 0.3) is 10.0 Å². The quantitative estimate of drug-likeness (QED) is 0.680. The van der Waals surface area contributed by atoms with Crippen molar-refractivity contribution in [1.29, 1.82) is 0 Å². The first-order valence-electron chi connectivity index (χ1n) is 9.94. The molecular formula is C21H27N3O5S2. The van der Waals surface area contributed by atoms with Crippen molar-refractivity contribution in [2.75, 3.05) is 23.1 Å². The molecule has 10 heteroatoms. The Morgan fingerprint density at radius 3 is 2.00 bits per heavy atom. The number of carbonyl (C=O) groups is 1. The van der Waals surface area contributed by atoms with Gasteiger partial charge in [0.1, 0.15) is 0 Å². The number of anilines is 2. The number of nitrogens with one attached hydrogen (secondary N) is 2. The lowest BCUT2D eigenvalue weighted by atomic mass is 9.95. The van der Waals surface area contributed by atoms with Gasteiger partial charge in [0.2, 0.25) is 15.9 Å². The fourth-order valence-corrected chi connectivity index (χ4v) is 5.63. The monoisotopic (exact) mass is 465 g/mol. The minimum atomic E-state index is -3.94. The minimum absolute atomic E-state index is 0.0583. The number of amides is 1. The van der Waals surface area contributed by atoms with Gasteiger partial charge in [0.15, 0.2) is 0 Å². The second kappa shape index (κ2) is 8.60. The summed E-state index contributed by atoms with van der Waals surface area (Å²) >= 11 is 0. The Bertz CT molecular complexity index is 1160. The third-order valence-corrected chi connectivity index (χ3v) is 8.20. The molecular weight excluding hydrogens is 438 g/mol. The summed E-state index contributed by atoms with van der Waals surface area (Å²) in [5.74, 6) is -0.192. The standard InChI is InChI=1S/C21H27N3O5S2/c1-21(2,3)20(25)22-16-7-6-8-17(15-16)23-30(26,27)18-9-11-19(12-10-18)31(28,29)24-13-4-5-14-24/h6-12,15,23H,4-5,13-14H2,1-3H3,(H,22,25). The summed E-state index contributed by atoms with van der Waals surface area (Å²) < 4.78 is 54.6. The Balaban J connectivity index is 1.77. The zero-order valence-corrected chi connectivity index (χ0v) is 19.4. The first kappa shape index (κ1) is 23.2. The fraction of sp³-hybridized carbons (Fsp3) is 0.381. The largest absolute Gasteiger partial charge is 0.326 e. The Hall–Kier alpha value is -2.43. The van der Waals surface area contributed by atoms with Crippen molar-refractivity contribution in [3.63, 3.8) is 0 Å². The van der Waals surface area contributed by atoms with Gasteiger partial charge in [-0.05, 0) is 55.3 Å². The molecule has 2 aromatic carbocycles. The van der Waals surface area contributed by atoms with Crippen LogP contribution in [0, 0.1) is 5.41 Å². The van der Waals surface area contributed by atoms with Crippen LogP contribution in [0.4, 0.5) is 11.4 Å². The number of sulfonamides is 2. The van der Waals surface area contributed by atoms with E-state index in [1.54, 1.807) is 39.0 Å². The smallest absolute Gasteiger partial charge is 0.261 e. The van der Waals surface area contributed by atoms with Crippen molar-refractivity contribution >= 4 is 37.3 Å². The third-order valence-electron chi connectivity index (χ3n) is 4.89. The Morgan fingerprint density at radius 2 is 1.42 bits per heavy atom. The molecule has 0 atom stereocenters. The van der Waals surface area contributed by atoms with Gasteiger partial charge in [-0.2, -0.15) is 4.31 Å². The summed E-state index contributed by atoms with van der Waals surface area (Å²) in [5, 5.41) is 2.75. The van der Waals surface area contributed by atoms with Crippen LogP contribution >= 0.6 is 0 Å². The summed E-state index contributed by atoms with van der Waals surface area (Å²) in [6.07, 6.45) is 1.65. The number of rotatable bonds is 6. The van der Waals surface area contributed by atoms with Gasteiger partial charge >= 0.3 is 0 Å². The molecule has 1 heterocycles. The maximum absolute atomic E-state index is 12.8. The van der Waals surface area contributed by atoms with E-state index in [2.05, 4.69) is 10.0 Å². The zero-order valence-electron chi connectivity index (χ0n) is 17.8. The van der Waals surface area contributed by atoms with Crippen LogP contribution in [0.5, 0.6) is 0 Å². The molecule has 2 N–H and O–H groups in total. The lowest BCUT2D eigenvalue weighted by Crippen LogP contribution is -2.27. The van der Waals surface area contributed by atoms with E-state index in [1.807, 2.05) is 0 Å². The molecule has 1 aliphatic heterocycles. The van der Waals surface area contributed by atoms with Crippen LogP contribution in [0.2, 0.25) is 0 Å². The van der Waals surface area contributed by atoms with Crippen LogP contribution in [-0.4, -0.2) is 40.1 Å². The Kier molecular flexibility index (Phi) is 6.45. The van der Waals surface area contributed by atoms with Crippen molar-refractivity contribution in [2.24, 2.45) is 5.41 Å². The number of benzene rings is 2. The molecule has 0 spiro atoms. The SMILES string of the molecule is CC(C)(C)C(=O)Nc1cccc(NS(=O)(=O)c2ccc(S(=O)(=O)N3CCCC3)cc2)c1. The molecule has 1 amide bonds. The van der Waals surface area contributed by atoms with Crippen LogP contribution in [0.15, 0.2) is 58.3 Å². The molecule has 0 bridgehead atoms. The van der Waals surface area contributed by atoms with E-state index in [4.69, 9.17) is 0 Å². The average molecular weight is 466 g/mol. The molecule has 1 aliphatic rings. The van der Waals surface area contributed by atoms with Crippen molar-refractivity contribution in [3.05, 3.63) is 48.5 Å². The molecule has 8 nitrogen and oxygen atoms in total. The van der Waals surface area contributed by atoms with Gasteiger partial charge in [-0.15, -0.1) is 0 Å². The lowest BCUT2D eigenvalue weighted by Gasteiger charge is -2.18. The van der Waals surface area contributed by atoms with Gasteiger partial charge in [0, 0.05) is 24.2 Å². The molecule has 1 fully saturated rings. The molecule has 1 saturated heterocycles.